The molecule has 11 heteroatoms. The van der Waals surface area contributed by atoms with Crippen molar-refractivity contribution in [3.63, 3.8) is 0 Å². The largest absolute Gasteiger partial charge is 0.434 e. The van der Waals surface area contributed by atoms with Gasteiger partial charge in [0.25, 0.3) is 5.91 Å². The number of amides is 1. The summed E-state index contributed by atoms with van der Waals surface area (Å²) in [5.74, 6) is 0.363. The van der Waals surface area contributed by atoms with Gasteiger partial charge in [-0.05, 0) is 37.8 Å². The minimum atomic E-state index is -4.49. The molecule has 0 aliphatic heterocycles. The Balaban J connectivity index is 1.22. The Bertz CT molecular complexity index is 1270. The third-order valence-corrected chi connectivity index (χ3v) is 5.80. The van der Waals surface area contributed by atoms with Gasteiger partial charge in [-0.3, -0.25) is 19.3 Å². The monoisotopic (exact) mass is 443 g/mol. The second kappa shape index (κ2) is 7.81. The highest BCUT2D eigenvalue weighted by Crippen LogP contribution is 2.30. The van der Waals surface area contributed by atoms with Gasteiger partial charge in [-0.15, -0.1) is 0 Å². The molecule has 0 bridgehead atoms. The number of anilines is 1. The number of H-pyrrole nitrogens is 1. The molecule has 166 valence electrons. The molecule has 8 nitrogen and oxygen atoms in total. The number of pyridine rings is 2. The number of hydrogen-bond donors (Lipinski definition) is 3. The number of rotatable bonds is 4. The van der Waals surface area contributed by atoms with Gasteiger partial charge >= 0.3 is 6.18 Å². The summed E-state index contributed by atoms with van der Waals surface area (Å²) in [5, 5.41) is 13.9. The number of nitrogens with zero attached hydrogens (tertiary/aromatic N) is 4. The molecule has 4 aromatic heterocycles. The van der Waals surface area contributed by atoms with Crippen LogP contribution in [0.4, 0.5) is 19.0 Å². The van der Waals surface area contributed by atoms with E-state index >= 15 is 0 Å². The molecule has 4 aromatic rings. The third kappa shape index (κ3) is 3.85. The number of carbonyl (C=O) groups excluding carboxylic acids is 1. The average molecular weight is 443 g/mol. The van der Waals surface area contributed by atoms with E-state index in [0.29, 0.717) is 16.9 Å². The molecule has 0 radical (unpaired) electrons. The summed E-state index contributed by atoms with van der Waals surface area (Å²) >= 11 is 0. The smallest absolute Gasteiger partial charge is 0.368 e. The lowest BCUT2D eigenvalue weighted by atomic mass is 9.91. The molecule has 0 unspecified atom stereocenters. The molecule has 0 aromatic carbocycles. The lowest BCUT2D eigenvalue weighted by Gasteiger charge is -2.30. The predicted octanol–water partition coefficient (Wildman–Crippen LogP) is 3.78. The molecule has 1 fully saturated rings. The Hall–Kier alpha value is -3.63. The van der Waals surface area contributed by atoms with Crippen molar-refractivity contribution in [2.24, 2.45) is 0 Å². The highest BCUT2D eigenvalue weighted by Gasteiger charge is 2.34. The van der Waals surface area contributed by atoms with E-state index in [-0.39, 0.29) is 23.6 Å². The van der Waals surface area contributed by atoms with E-state index < -0.39 is 11.9 Å². The maximum atomic E-state index is 13.0. The van der Waals surface area contributed by atoms with Crippen molar-refractivity contribution in [3.8, 4) is 0 Å². The molecule has 1 amide bonds. The molecular formula is C21H20F3N7O. The number of alkyl halides is 3. The number of imidazole rings is 1. The van der Waals surface area contributed by atoms with E-state index in [0.717, 1.165) is 37.3 Å². The summed E-state index contributed by atoms with van der Waals surface area (Å²) in [5.41, 5.74) is 0.428. The quantitative estimate of drug-likeness (QED) is 0.446. The fraction of sp³-hybridized carbons (Fsp3) is 0.333. The van der Waals surface area contributed by atoms with Gasteiger partial charge in [0.05, 0.1) is 17.3 Å². The molecule has 1 saturated carbocycles. The zero-order chi connectivity index (χ0) is 22.3. The van der Waals surface area contributed by atoms with E-state index in [9.17, 15) is 18.0 Å². The molecular weight excluding hydrogens is 423 g/mol. The SMILES string of the molecule is O=C(N[C@H]1CC[C@@H](Nc2cccc3nc(C(F)(F)F)cn23)CC1)c1cncc2cn[nH]c12. The maximum Gasteiger partial charge on any atom is 0.434 e. The fourth-order valence-electron chi connectivity index (χ4n) is 4.16. The van der Waals surface area contributed by atoms with Crippen LogP contribution in [0.25, 0.3) is 16.6 Å². The van der Waals surface area contributed by atoms with Crippen molar-refractivity contribution < 1.29 is 18.0 Å². The van der Waals surface area contributed by atoms with Gasteiger partial charge in [-0.25, -0.2) is 4.98 Å². The first-order valence-electron chi connectivity index (χ1n) is 10.3. The Morgan fingerprint density at radius 3 is 2.66 bits per heavy atom. The molecule has 0 saturated heterocycles. The highest BCUT2D eigenvalue weighted by molar-refractivity contribution is 6.04. The molecule has 1 aliphatic rings. The van der Waals surface area contributed by atoms with Crippen molar-refractivity contribution >= 4 is 28.3 Å². The topological polar surface area (TPSA) is 100 Å². The first kappa shape index (κ1) is 20.3. The number of aromatic amines is 1. The first-order valence-corrected chi connectivity index (χ1v) is 10.3. The Labute approximate surface area is 180 Å². The number of nitrogens with one attached hydrogen (secondary N) is 3. The Morgan fingerprint density at radius 1 is 1.09 bits per heavy atom. The van der Waals surface area contributed by atoms with Gasteiger partial charge in [0.15, 0.2) is 5.69 Å². The highest BCUT2D eigenvalue weighted by atomic mass is 19.4. The van der Waals surface area contributed by atoms with E-state index in [1.165, 1.54) is 10.6 Å². The van der Waals surface area contributed by atoms with Gasteiger partial charge in [0, 0.05) is 36.1 Å². The second-order valence-electron chi connectivity index (χ2n) is 7.95. The van der Waals surface area contributed by atoms with E-state index in [4.69, 9.17) is 0 Å². The molecule has 1 aliphatic carbocycles. The zero-order valence-electron chi connectivity index (χ0n) is 16.9. The summed E-state index contributed by atoms with van der Waals surface area (Å²) in [4.78, 5) is 20.5. The molecule has 0 spiro atoms. The van der Waals surface area contributed by atoms with Crippen LogP contribution in [-0.4, -0.2) is 42.6 Å². The molecule has 5 rings (SSSR count). The van der Waals surface area contributed by atoms with Crippen LogP contribution in [0, 0.1) is 0 Å². The van der Waals surface area contributed by atoms with Crippen LogP contribution in [0.5, 0.6) is 0 Å². The molecule has 32 heavy (non-hydrogen) atoms. The Morgan fingerprint density at radius 2 is 1.88 bits per heavy atom. The maximum absolute atomic E-state index is 13.0. The van der Waals surface area contributed by atoms with Gasteiger partial charge < -0.3 is 10.6 Å². The number of halogens is 3. The first-order chi connectivity index (χ1) is 15.4. The van der Waals surface area contributed by atoms with Crippen LogP contribution in [0.1, 0.15) is 41.7 Å². The van der Waals surface area contributed by atoms with Crippen molar-refractivity contribution in [2.75, 3.05) is 5.32 Å². The number of carbonyl (C=O) groups is 1. The minimum Gasteiger partial charge on any atom is -0.368 e. The number of hydrogen-bond acceptors (Lipinski definition) is 5. The average Bonchev–Trinajstić information content (AvgIpc) is 3.42. The lowest BCUT2D eigenvalue weighted by molar-refractivity contribution is -0.140. The van der Waals surface area contributed by atoms with Crippen LogP contribution >= 0.6 is 0 Å². The standard InChI is InChI=1S/C21H20F3N7O/c22-21(23,24)16-11-31-17(2-1-3-18(31)29-16)27-13-4-6-14(7-5-13)28-20(32)15-10-25-8-12-9-26-30-19(12)15/h1-3,8-11,13-14,27H,4-7H2,(H,26,30)(H,28,32)/t13-,14+. The normalized spacial score (nSPS) is 19.3. The number of aromatic nitrogens is 5. The van der Waals surface area contributed by atoms with Crippen LogP contribution < -0.4 is 10.6 Å². The van der Waals surface area contributed by atoms with Crippen LogP contribution in [0.15, 0.2) is 43.0 Å². The van der Waals surface area contributed by atoms with Gasteiger partial charge in [0.1, 0.15) is 11.5 Å². The lowest BCUT2D eigenvalue weighted by Crippen LogP contribution is -2.40. The van der Waals surface area contributed by atoms with Gasteiger partial charge in [-0.1, -0.05) is 6.07 Å². The van der Waals surface area contributed by atoms with E-state index in [2.05, 4.69) is 30.8 Å². The summed E-state index contributed by atoms with van der Waals surface area (Å²) < 4.78 is 40.5. The molecule has 3 N–H and O–H groups in total. The van der Waals surface area contributed by atoms with E-state index in [1.807, 2.05) is 0 Å². The summed E-state index contributed by atoms with van der Waals surface area (Å²) in [7, 11) is 0. The third-order valence-electron chi connectivity index (χ3n) is 5.80. The fourth-order valence-corrected chi connectivity index (χ4v) is 4.16. The summed E-state index contributed by atoms with van der Waals surface area (Å²) in [6.07, 6.45) is 4.35. The van der Waals surface area contributed by atoms with Crippen molar-refractivity contribution in [2.45, 2.75) is 43.9 Å². The van der Waals surface area contributed by atoms with Crippen LogP contribution in [0.2, 0.25) is 0 Å². The summed E-state index contributed by atoms with van der Waals surface area (Å²) in [6, 6.07) is 5.06. The Kier molecular flexibility index (Phi) is 4.95. The second-order valence-corrected chi connectivity index (χ2v) is 7.95. The van der Waals surface area contributed by atoms with Crippen molar-refractivity contribution in [1.82, 2.24) is 29.9 Å². The molecule has 0 atom stereocenters. The van der Waals surface area contributed by atoms with Crippen molar-refractivity contribution in [3.05, 3.63) is 54.2 Å². The van der Waals surface area contributed by atoms with Gasteiger partial charge in [-0.2, -0.15) is 18.3 Å². The van der Waals surface area contributed by atoms with Crippen molar-refractivity contribution in [1.29, 1.82) is 0 Å². The van der Waals surface area contributed by atoms with Gasteiger partial charge in [0.2, 0.25) is 0 Å². The number of fused-ring (bicyclic) bond motifs is 2. The molecule has 4 heterocycles. The minimum absolute atomic E-state index is 0.0135. The summed E-state index contributed by atoms with van der Waals surface area (Å²) in [6.45, 7) is 0. The zero-order valence-corrected chi connectivity index (χ0v) is 16.9. The predicted molar refractivity (Wildman–Crippen MR) is 111 cm³/mol. The van der Waals surface area contributed by atoms with Crippen LogP contribution in [0.3, 0.4) is 0 Å². The van der Waals surface area contributed by atoms with E-state index in [1.54, 1.807) is 30.6 Å². The van der Waals surface area contributed by atoms with Crippen LogP contribution in [-0.2, 0) is 6.18 Å².